The summed E-state index contributed by atoms with van der Waals surface area (Å²) in [6, 6.07) is 0. The van der Waals surface area contributed by atoms with Crippen LogP contribution >= 0.6 is 7.82 Å². The first kappa shape index (κ1) is 76.4. The molecule has 0 radical (unpaired) electrons. The number of phosphoric acid groups is 1. The Labute approximate surface area is 495 Å². The zero-order valence-electron chi connectivity index (χ0n) is 50.9. The Balaban J connectivity index is 4.05. The summed E-state index contributed by atoms with van der Waals surface area (Å²) < 4.78 is 33.1. The molecule has 0 saturated heterocycles. The van der Waals surface area contributed by atoms with E-state index in [0.29, 0.717) is 12.8 Å². The summed E-state index contributed by atoms with van der Waals surface area (Å²) in [6.45, 7) is 3.48. The molecule has 0 bridgehead atoms. The van der Waals surface area contributed by atoms with Gasteiger partial charge in [-0.25, -0.2) is 4.57 Å². The molecule has 0 amide bonds. The first-order valence-electron chi connectivity index (χ1n) is 31.6. The van der Waals surface area contributed by atoms with Crippen molar-refractivity contribution in [2.75, 3.05) is 26.4 Å². The second kappa shape index (κ2) is 64.5. The van der Waals surface area contributed by atoms with Gasteiger partial charge in [0.25, 0.3) is 0 Å². The van der Waals surface area contributed by atoms with Gasteiger partial charge in [-0.2, -0.15) is 0 Å². The van der Waals surface area contributed by atoms with Crippen LogP contribution in [0, 0.1) is 0 Å². The van der Waals surface area contributed by atoms with Gasteiger partial charge in [-0.05, 0) is 128 Å². The molecule has 81 heavy (non-hydrogen) atoms. The highest BCUT2D eigenvalue weighted by molar-refractivity contribution is 7.47. The molecule has 0 aliphatic heterocycles. The van der Waals surface area contributed by atoms with E-state index in [0.717, 1.165) is 141 Å². The number of hydrogen-bond acceptors (Lipinski definition) is 8. The van der Waals surface area contributed by atoms with E-state index in [2.05, 4.69) is 184 Å². The van der Waals surface area contributed by atoms with E-state index in [1.54, 1.807) is 0 Å². The molecule has 456 valence electrons. The number of ether oxygens (including phenoxy) is 2. The molecule has 0 aromatic carbocycles. The summed E-state index contributed by atoms with van der Waals surface area (Å²) in [5.41, 5.74) is 5.39. The van der Waals surface area contributed by atoms with Gasteiger partial charge < -0.3 is 20.1 Å². The normalized spacial score (nSPS) is 14.2. The highest BCUT2D eigenvalue weighted by Crippen LogP contribution is 2.43. The lowest BCUT2D eigenvalue weighted by Crippen LogP contribution is -2.29. The predicted octanol–water partition coefficient (Wildman–Crippen LogP) is 20.6. The molecule has 10 heteroatoms. The van der Waals surface area contributed by atoms with Gasteiger partial charge in [0.15, 0.2) is 6.10 Å². The van der Waals surface area contributed by atoms with Crippen LogP contribution in [-0.2, 0) is 32.7 Å². The quantitative estimate of drug-likeness (QED) is 0.0264. The van der Waals surface area contributed by atoms with E-state index in [1.165, 1.54) is 51.4 Å². The van der Waals surface area contributed by atoms with E-state index in [1.807, 2.05) is 0 Å². The van der Waals surface area contributed by atoms with Crippen molar-refractivity contribution in [1.29, 1.82) is 0 Å². The third-order valence-corrected chi connectivity index (χ3v) is 13.6. The van der Waals surface area contributed by atoms with Crippen LogP contribution in [0.2, 0.25) is 0 Å². The molecule has 0 aromatic rings. The molecule has 9 nitrogen and oxygen atoms in total. The summed E-state index contributed by atoms with van der Waals surface area (Å²) in [4.78, 5) is 35.3. The lowest BCUT2D eigenvalue weighted by Gasteiger charge is -2.19. The number of esters is 2. The van der Waals surface area contributed by atoms with Gasteiger partial charge in [0, 0.05) is 19.4 Å². The van der Waals surface area contributed by atoms with Crippen LogP contribution in [0.25, 0.3) is 0 Å². The lowest BCUT2D eigenvalue weighted by atomic mass is 10.1. The SMILES string of the molecule is CC/C=C\C/C=C\C/C=C\C/C=C\C/C=C\C/C=C\C/C=C\C/C=C\CCCCCCCCCCC(=O)OC(COC(=O)CCCCCCCCCC/C=C\C/C=C\C/C=C\C/C=C\C/C=C\C/C=C\CC)COP(=O)(O)OCCN. The van der Waals surface area contributed by atoms with Crippen LogP contribution in [0.5, 0.6) is 0 Å². The van der Waals surface area contributed by atoms with E-state index in [-0.39, 0.29) is 32.6 Å². The molecule has 2 unspecified atom stereocenters. The van der Waals surface area contributed by atoms with Gasteiger partial charge in [-0.3, -0.25) is 18.6 Å². The van der Waals surface area contributed by atoms with Gasteiger partial charge in [0.1, 0.15) is 6.61 Å². The van der Waals surface area contributed by atoms with Crippen molar-refractivity contribution in [3.05, 3.63) is 170 Å². The number of hydrogen-bond donors (Lipinski definition) is 2. The minimum atomic E-state index is -4.41. The van der Waals surface area contributed by atoms with Crippen LogP contribution < -0.4 is 5.73 Å². The highest BCUT2D eigenvalue weighted by atomic mass is 31.2. The second-order valence-electron chi connectivity index (χ2n) is 20.2. The number of rotatable bonds is 57. The zero-order chi connectivity index (χ0) is 58.7. The van der Waals surface area contributed by atoms with Crippen molar-refractivity contribution in [2.45, 2.75) is 238 Å². The zero-order valence-corrected chi connectivity index (χ0v) is 51.8. The van der Waals surface area contributed by atoms with Crippen molar-refractivity contribution >= 4 is 19.8 Å². The average Bonchev–Trinajstić information content (AvgIpc) is 3.46. The Hall–Kier alpha value is -4.63. The Kier molecular flexibility index (Phi) is 60.8. The Bertz CT molecular complexity index is 1930. The molecular formula is C71H114NO8P. The Morgan fingerprint density at radius 2 is 0.642 bits per heavy atom. The first-order chi connectivity index (χ1) is 39.8. The topological polar surface area (TPSA) is 134 Å². The summed E-state index contributed by atoms with van der Waals surface area (Å²) in [5.74, 6) is -0.859. The van der Waals surface area contributed by atoms with Crippen molar-refractivity contribution in [3.8, 4) is 0 Å². The van der Waals surface area contributed by atoms with E-state index in [9.17, 15) is 19.0 Å². The maximum atomic E-state index is 12.7. The molecule has 2 atom stereocenters. The predicted molar refractivity (Wildman–Crippen MR) is 348 cm³/mol. The number of carbonyl (C=O) groups excluding carboxylic acids is 2. The van der Waals surface area contributed by atoms with Gasteiger partial charge >= 0.3 is 19.8 Å². The van der Waals surface area contributed by atoms with Crippen LogP contribution in [0.15, 0.2) is 170 Å². The summed E-state index contributed by atoms with van der Waals surface area (Å²) >= 11 is 0. The van der Waals surface area contributed by atoms with Gasteiger partial charge in [0.05, 0.1) is 13.2 Å². The van der Waals surface area contributed by atoms with Gasteiger partial charge in [-0.1, -0.05) is 261 Å². The Morgan fingerprint density at radius 3 is 0.951 bits per heavy atom. The second-order valence-corrected chi connectivity index (χ2v) is 21.6. The van der Waals surface area contributed by atoms with Crippen molar-refractivity contribution in [3.63, 3.8) is 0 Å². The van der Waals surface area contributed by atoms with Gasteiger partial charge in [-0.15, -0.1) is 0 Å². The van der Waals surface area contributed by atoms with Crippen LogP contribution in [-0.4, -0.2) is 49.3 Å². The van der Waals surface area contributed by atoms with Gasteiger partial charge in [0.2, 0.25) is 0 Å². The largest absolute Gasteiger partial charge is 0.472 e. The first-order valence-corrected chi connectivity index (χ1v) is 33.1. The fraction of sp³-hybridized carbons (Fsp3) is 0.577. The van der Waals surface area contributed by atoms with Crippen molar-refractivity contribution in [1.82, 2.24) is 0 Å². The molecule has 0 aromatic heterocycles. The maximum absolute atomic E-state index is 12.7. The molecule has 0 rings (SSSR count). The third-order valence-electron chi connectivity index (χ3n) is 12.6. The lowest BCUT2D eigenvalue weighted by molar-refractivity contribution is -0.161. The Morgan fingerprint density at radius 1 is 0.370 bits per heavy atom. The number of nitrogens with two attached hydrogens (primary N) is 1. The van der Waals surface area contributed by atoms with Crippen LogP contribution in [0.3, 0.4) is 0 Å². The third kappa shape index (κ3) is 64.4. The molecular weight excluding hydrogens is 1030 g/mol. The van der Waals surface area contributed by atoms with E-state index in [4.69, 9.17) is 24.3 Å². The van der Waals surface area contributed by atoms with Crippen molar-refractivity contribution in [2.24, 2.45) is 5.73 Å². The molecule has 3 N–H and O–H groups in total. The molecule has 0 spiro atoms. The van der Waals surface area contributed by atoms with E-state index >= 15 is 0 Å². The van der Waals surface area contributed by atoms with Crippen LogP contribution in [0.4, 0.5) is 0 Å². The fourth-order valence-corrected chi connectivity index (χ4v) is 8.77. The van der Waals surface area contributed by atoms with Crippen LogP contribution in [0.1, 0.15) is 232 Å². The average molecular weight is 1140 g/mol. The molecule has 0 saturated carbocycles. The minimum Gasteiger partial charge on any atom is -0.462 e. The minimum absolute atomic E-state index is 0.0412. The van der Waals surface area contributed by atoms with Crippen molar-refractivity contribution < 1.29 is 37.6 Å². The maximum Gasteiger partial charge on any atom is 0.472 e. The number of allylic oxidation sites excluding steroid dienone is 28. The summed E-state index contributed by atoms with van der Waals surface area (Å²) in [5, 5.41) is 0. The summed E-state index contributed by atoms with van der Waals surface area (Å²) in [6.07, 6.45) is 95.5. The monoisotopic (exact) mass is 1140 g/mol. The van der Waals surface area contributed by atoms with E-state index < -0.39 is 32.5 Å². The molecule has 0 aliphatic rings. The number of carbonyl (C=O) groups is 2. The molecule has 0 aliphatic carbocycles. The summed E-state index contributed by atoms with van der Waals surface area (Å²) in [7, 11) is -4.41. The fourth-order valence-electron chi connectivity index (χ4n) is 8.01. The molecule has 0 fully saturated rings. The highest BCUT2D eigenvalue weighted by Gasteiger charge is 2.26. The molecule has 0 heterocycles. The number of unbranched alkanes of at least 4 members (excludes halogenated alkanes) is 16. The standard InChI is InChI=1S/C71H114NO8P/c1-3-5-7-9-11-13-15-17-19-21-23-25-27-29-31-32-33-34-35-36-38-40-42-44-46-48-50-52-54-56-58-60-62-64-71(74)80-69(68-79-81(75,76)78-66-65-72)67-77-70(73)63-61-59-57-55-53-51-49-47-45-43-41-39-37-30-28-26-24-22-20-18-16-14-12-10-8-6-4-2/h5-8,11-14,17-20,23-26,29-31,33-34,36-38,41-44,69H,3-4,9-10,15-16,21-22,27-28,32,35,39-40,45-68,72H2,1-2H3,(H,75,76)/b7-5-,8-6-,13-11-,14-12-,19-17-,20-18-,25-23-,26-24-,31-29-,34-33-,37-30-,38-36-,43-41-,44-42-. The number of phosphoric ester groups is 1. The smallest absolute Gasteiger partial charge is 0.462 e.